The summed E-state index contributed by atoms with van der Waals surface area (Å²) < 4.78 is 2.03. The van der Waals surface area contributed by atoms with E-state index < -0.39 is 0 Å². The van der Waals surface area contributed by atoms with E-state index in [1.165, 1.54) is 11.3 Å². The lowest BCUT2D eigenvalue weighted by Gasteiger charge is -2.10. The van der Waals surface area contributed by atoms with E-state index in [9.17, 15) is 4.79 Å². The minimum Gasteiger partial charge on any atom is -0.347 e. The number of carbonyl (C=O) groups is 1. The summed E-state index contributed by atoms with van der Waals surface area (Å²) in [7, 11) is 0. The van der Waals surface area contributed by atoms with Crippen LogP contribution in [0.4, 0.5) is 5.69 Å². The molecule has 4 aromatic rings. The summed E-state index contributed by atoms with van der Waals surface area (Å²) >= 11 is 7.45. The highest BCUT2D eigenvalue weighted by molar-refractivity contribution is 7.07. The van der Waals surface area contributed by atoms with Crippen LogP contribution in [0.1, 0.15) is 35.3 Å². The maximum atomic E-state index is 13.1. The van der Waals surface area contributed by atoms with Crippen molar-refractivity contribution in [2.45, 2.75) is 32.4 Å². The molecule has 0 spiro atoms. The molecule has 170 valence electrons. The Morgan fingerprint density at radius 3 is 2.61 bits per heavy atom. The standard InChI is InChI=1S/C26H27ClN4OS/c27-21-13-11-19(12-14-21)17-29-25(32)24-18-33-26(31(24)16-5-1-4-15-28)30-23-10-6-8-20-7-2-3-9-22(20)23/h2-3,6-14,18H,1,4-5,15-17,28H2,(H,29,32). The number of hydrogen-bond donors (Lipinski definition) is 2. The number of carbonyl (C=O) groups excluding carboxylic acids is 1. The molecule has 0 fully saturated rings. The quantitative estimate of drug-likeness (QED) is 0.305. The maximum Gasteiger partial charge on any atom is 0.269 e. The summed E-state index contributed by atoms with van der Waals surface area (Å²) in [6.45, 7) is 1.83. The number of nitrogens with zero attached hydrogens (tertiary/aromatic N) is 2. The molecule has 0 aliphatic rings. The molecular weight excluding hydrogens is 452 g/mol. The molecule has 33 heavy (non-hydrogen) atoms. The summed E-state index contributed by atoms with van der Waals surface area (Å²) in [5, 5.41) is 7.84. The molecule has 1 aromatic heterocycles. The van der Waals surface area contributed by atoms with Crippen molar-refractivity contribution in [3.63, 3.8) is 0 Å². The zero-order chi connectivity index (χ0) is 23.0. The molecule has 0 saturated carbocycles. The summed E-state index contributed by atoms with van der Waals surface area (Å²) in [6.07, 6.45) is 2.92. The van der Waals surface area contributed by atoms with Crippen LogP contribution in [-0.4, -0.2) is 17.0 Å². The van der Waals surface area contributed by atoms with Gasteiger partial charge in [-0.25, -0.2) is 4.99 Å². The van der Waals surface area contributed by atoms with Gasteiger partial charge in [0.05, 0.1) is 5.69 Å². The summed E-state index contributed by atoms with van der Waals surface area (Å²) in [6, 6.07) is 21.8. The normalized spacial score (nSPS) is 11.8. The minimum atomic E-state index is -0.112. The zero-order valence-corrected chi connectivity index (χ0v) is 19.9. The molecule has 0 atom stereocenters. The van der Waals surface area contributed by atoms with Crippen LogP contribution in [0.5, 0.6) is 0 Å². The van der Waals surface area contributed by atoms with E-state index >= 15 is 0 Å². The van der Waals surface area contributed by atoms with Crippen LogP contribution in [0, 0.1) is 0 Å². The van der Waals surface area contributed by atoms with Gasteiger partial charge in [0.15, 0.2) is 4.80 Å². The monoisotopic (exact) mass is 478 g/mol. The van der Waals surface area contributed by atoms with Crippen LogP contribution in [0.2, 0.25) is 5.02 Å². The van der Waals surface area contributed by atoms with Gasteiger partial charge in [0.2, 0.25) is 0 Å². The van der Waals surface area contributed by atoms with Gasteiger partial charge in [0.1, 0.15) is 5.69 Å². The lowest BCUT2D eigenvalue weighted by molar-refractivity contribution is 0.0941. The Bertz CT molecular complexity index is 1290. The van der Waals surface area contributed by atoms with E-state index in [-0.39, 0.29) is 5.91 Å². The molecule has 0 radical (unpaired) electrons. The first kappa shape index (κ1) is 23.2. The highest BCUT2D eigenvalue weighted by atomic mass is 35.5. The molecule has 3 N–H and O–H groups in total. The van der Waals surface area contributed by atoms with E-state index in [1.807, 2.05) is 58.5 Å². The third-order valence-corrected chi connectivity index (χ3v) is 6.58. The minimum absolute atomic E-state index is 0.112. The third kappa shape index (κ3) is 5.90. The Morgan fingerprint density at radius 2 is 1.79 bits per heavy atom. The maximum absolute atomic E-state index is 13.1. The second-order valence-electron chi connectivity index (χ2n) is 7.82. The predicted molar refractivity (Wildman–Crippen MR) is 137 cm³/mol. The molecular formula is C26H27ClN4OS. The molecule has 1 amide bonds. The molecule has 0 aliphatic carbocycles. The Balaban J connectivity index is 1.63. The number of amides is 1. The van der Waals surface area contributed by atoms with Gasteiger partial charge in [-0.2, -0.15) is 0 Å². The first-order valence-electron chi connectivity index (χ1n) is 11.1. The molecule has 0 aliphatic heterocycles. The smallest absolute Gasteiger partial charge is 0.269 e. The van der Waals surface area contributed by atoms with Crippen molar-refractivity contribution in [1.82, 2.24) is 9.88 Å². The Morgan fingerprint density at radius 1 is 1.00 bits per heavy atom. The van der Waals surface area contributed by atoms with Crippen molar-refractivity contribution in [2.75, 3.05) is 6.54 Å². The summed E-state index contributed by atoms with van der Waals surface area (Å²) in [4.78, 5) is 18.8. The molecule has 3 aromatic carbocycles. The van der Waals surface area contributed by atoms with Gasteiger partial charge in [-0.1, -0.05) is 66.6 Å². The number of rotatable bonds is 9. The average Bonchev–Trinajstić information content (AvgIpc) is 3.24. The zero-order valence-electron chi connectivity index (χ0n) is 18.3. The summed E-state index contributed by atoms with van der Waals surface area (Å²) in [5.41, 5.74) is 8.19. The Labute approximate surface area is 202 Å². The van der Waals surface area contributed by atoms with Crippen LogP contribution in [-0.2, 0) is 13.1 Å². The second-order valence-corrected chi connectivity index (χ2v) is 9.10. The molecule has 5 nitrogen and oxygen atoms in total. The van der Waals surface area contributed by atoms with Gasteiger partial charge in [-0.15, -0.1) is 11.3 Å². The van der Waals surface area contributed by atoms with E-state index in [0.717, 1.165) is 52.6 Å². The molecule has 0 bridgehead atoms. The molecule has 0 unspecified atom stereocenters. The molecule has 7 heteroatoms. The number of fused-ring (bicyclic) bond motifs is 1. The number of nitrogens with two attached hydrogens (primary N) is 1. The lowest BCUT2D eigenvalue weighted by Crippen LogP contribution is -2.28. The largest absolute Gasteiger partial charge is 0.347 e. The molecule has 4 rings (SSSR count). The van der Waals surface area contributed by atoms with Gasteiger partial charge in [0.25, 0.3) is 5.91 Å². The highest BCUT2D eigenvalue weighted by Crippen LogP contribution is 2.25. The van der Waals surface area contributed by atoms with Crippen LogP contribution in [0.15, 0.2) is 77.1 Å². The van der Waals surface area contributed by atoms with Crippen LogP contribution >= 0.6 is 22.9 Å². The first-order chi connectivity index (χ1) is 16.2. The Hall–Kier alpha value is -2.93. The van der Waals surface area contributed by atoms with Crippen molar-refractivity contribution >= 4 is 45.3 Å². The topological polar surface area (TPSA) is 72.4 Å². The van der Waals surface area contributed by atoms with Crippen molar-refractivity contribution in [3.8, 4) is 0 Å². The summed E-state index contributed by atoms with van der Waals surface area (Å²) in [5.74, 6) is -0.112. The van der Waals surface area contributed by atoms with Crippen molar-refractivity contribution in [1.29, 1.82) is 0 Å². The number of nitrogens with one attached hydrogen (secondary N) is 1. The highest BCUT2D eigenvalue weighted by Gasteiger charge is 2.14. The average molecular weight is 479 g/mol. The van der Waals surface area contributed by atoms with E-state index in [0.29, 0.717) is 23.8 Å². The van der Waals surface area contributed by atoms with Crippen LogP contribution in [0.3, 0.4) is 0 Å². The van der Waals surface area contributed by atoms with Gasteiger partial charge >= 0.3 is 0 Å². The lowest BCUT2D eigenvalue weighted by atomic mass is 10.1. The fourth-order valence-electron chi connectivity index (χ4n) is 3.69. The van der Waals surface area contributed by atoms with Gasteiger partial charge in [-0.05, 0) is 48.5 Å². The van der Waals surface area contributed by atoms with E-state index in [2.05, 4.69) is 23.5 Å². The van der Waals surface area contributed by atoms with Gasteiger partial charge in [0, 0.05) is 28.9 Å². The number of unbranched alkanes of at least 4 members (excludes halogenated alkanes) is 2. The number of aromatic nitrogens is 1. The van der Waals surface area contributed by atoms with Gasteiger partial charge < -0.3 is 15.6 Å². The first-order valence-corrected chi connectivity index (χ1v) is 12.3. The number of hydrogen-bond acceptors (Lipinski definition) is 4. The SMILES string of the molecule is NCCCCCn1c(C(=O)NCc2ccc(Cl)cc2)csc1=Nc1cccc2ccccc12. The fraction of sp³-hybridized carbons (Fsp3) is 0.231. The third-order valence-electron chi connectivity index (χ3n) is 5.47. The molecule has 0 saturated heterocycles. The number of benzene rings is 3. The van der Waals surface area contributed by atoms with Crippen molar-refractivity contribution in [3.05, 3.63) is 93.2 Å². The van der Waals surface area contributed by atoms with Crippen LogP contribution < -0.4 is 15.9 Å². The molecule has 1 heterocycles. The van der Waals surface area contributed by atoms with Crippen molar-refractivity contribution < 1.29 is 4.79 Å². The second kappa shape index (κ2) is 11.3. The van der Waals surface area contributed by atoms with Crippen molar-refractivity contribution in [2.24, 2.45) is 10.7 Å². The van der Waals surface area contributed by atoms with E-state index in [4.69, 9.17) is 22.3 Å². The number of halogens is 1. The fourth-order valence-corrected chi connectivity index (χ4v) is 4.74. The Kier molecular flexibility index (Phi) is 7.94. The number of thiazole rings is 1. The van der Waals surface area contributed by atoms with E-state index in [1.54, 1.807) is 0 Å². The van der Waals surface area contributed by atoms with Crippen LogP contribution in [0.25, 0.3) is 10.8 Å². The van der Waals surface area contributed by atoms with Gasteiger partial charge in [-0.3, -0.25) is 4.79 Å². The predicted octanol–water partition coefficient (Wildman–Crippen LogP) is 5.65.